The second-order valence-electron chi connectivity index (χ2n) is 4.63. The third-order valence-corrected chi connectivity index (χ3v) is 4.27. The van der Waals surface area contributed by atoms with Crippen LogP contribution in [0.25, 0.3) is 0 Å². The van der Waals surface area contributed by atoms with Gasteiger partial charge < -0.3 is 5.32 Å². The monoisotopic (exact) mass is 324 g/mol. The van der Waals surface area contributed by atoms with Crippen molar-refractivity contribution in [2.45, 2.75) is 13.0 Å². The van der Waals surface area contributed by atoms with E-state index >= 15 is 0 Å². The molecule has 2 N–H and O–H groups in total. The van der Waals surface area contributed by atoms with E-state index in [9.17, 15) is 13.2 Å². The smallest absolute Gasteiger partial charge is 0.261 e. The van der Waals surface area contributed by atoms with Crippen LogP contribution in [-0.2, 0) is 10.0 Å². The summed E-state index contributed by atoms with van der Waals surface area (Å²) in [5.74, 6) is -0.174. The molecular weight excluding hydrogens is 308 g/mol. The highest BCUT2D eigenvalue weighted by atomic mass is 32.2. The van der Waals surface area contributed by atoms with Crippen molar-refractivity contribution in [3.63, 3.8) is 0 Å². The van der Waals surface area contributed by atoms with Gasteiger partial charge in [-0.15, -0.1) is 11.3 Å². The first kappa shape index (κ1) is 15.5. The van der Waals surface area contributed by atoms with Gasteiger partial charge in [-0.05, 0) is 30.0 Å². The molecule has 0 aliphatic carbocycles. The molecule has 112 valence electrons. The lowest BCUT2D eigenvalue weighted by Crippen LogP contribution is -2.26. The van der Waals surface area contributed by atoms with Gasteiger partial charge in [-0.3, -0.25) is 9.52 Å². The van der Waals surface area contributed by atoms with E-state index in [1.807, 2.05) is 18.4 Å². The molecule has 1 aromatic heterocycles. The summed E-state index contributed by atoms with van der Waals surface area (Å²) in [6, 6.07) is 10.2. The van der Waals surface area contributed by atoms with Crippen molar-refractivity contribution >= 4 is 33.0 Å². The van der Waals surface area contributed by atoms with E-state index in [0.717, 1.165) is 6.26 Å². The van der Waals surface area contributed by atoms with E-state index in [-0.39, 0.29) is 11.9 Å². The SMILES string of the molecule is C[C@@H](NC(=O)c1cccs1)c1ccccc1NS(C)(=O)=O. The van der Waals surface area contributed by atoms with Gasteiger partial charge in [-0.2, -0.15) is 0 Å². The first-order valence-corrected chi connectivity index (χ1v) is 9.05. The maximum atomic E-state index is 12.0. The van der Waals surface area contributed by atoms with Gasteiger partial charge in [0.1, 0.15) is 0 Å². The topological polar surface area (TPSA) is 75.3 Å². The Morgan fingerprint density at radius 3 is 2.52 bits per heavy atom. The van der Waals surface area contributed by atoms with Crippen LogP contribution in [-0.4, -0.2) is 20.6 Å². The van der Waals surface area contributed by atoms with Crippen molar-refractivity contribution in [2.24, 2.45) is 0 Å². The Kier molecular flexibility index (Phi) is 4.64. The van der Waals surface area contributed by atoms with E-state index in [2.05, 4.69) is 10.0 Å². The van der Waals surface area contributed by atoms with Crippen LogP contribution in [0.2, 0.25) is 0 Å². The highest BCUT2D eigenvalue weighted by Gasteiger charge is 2.16. The van der Waals surface area contributed by atoms with Gasteiger partial charge in [0, 0.05) is 0 Å². The molecule has 0 fully saturated rings. The number of carbonyl (C=O) groups excluding carboxylic acids is 1. The fourth-order valence-corrected chi connectivity index (χ4v) is 3.13. The molecular formula is C14H16N2O3S2. The van der Waals surface area contributed by atoms with Crippen molar-refractivity contribution in [1.82, 2.24) is 5.32 Å². The van der Waals surface area contributed by atoms with Crippen molar-refractivity contribution in [2.75, 3.05) is 11.0 Å². The van der Waals surface area contributed by atoms with Crippen LogP contribution in [0.5, 0.6) is 0 Å². The normalized spacial score (nSPS) is 12.7. The summed E-state index contributed by atoms with van der Waals surface area (Å²) in [5, 5.41) is 4.69. The quantitative estimate of drug-likeness (QED) is 0.888. The second-order valence-corrected chi connectivity index (χ2v) is 7.33. The number of sulfonamides is 1. The summed E-state index contributed by atoms with van der Waals surface area (Å²) in [4.78, 5) is 12.7. The van der Waals surface area contributed by atoms with Crippen LogP contribution in [0.15, 0.2) is 41.8 Å². The van der Waals surface area contributed by atoms with Crippen molar-refractivity contribution in [3.8, 4) is 0 Å². The molecule has 5 nitrogen and oxygen atoms in total. The molecule has 2 rings (SSSR count). The molecule has 1 heterocycles. The molecule has 0 spiro atoms. The first-order valence-electron chi connectivity index (χ1n) is 6.28. The zero-order chi connectivity index (χ0) is 15.5. The van der Waals surface area contributed by atoms with Gasteiger partial charge in [0.25, 0.3) is 5.91 Å². The number of hydrogen-bond donors (Lipinski definition) is 2. The first-order chi connectivity index (χ1) is 9.87. The average molecular weight is 324 g/mol. The maximum Gasteiger partial charge on any atom is 0.261 e. The van der Waals surface area contributed by atoms with Gasteiger partial charge >= 0.3 is 0 Å². The lowest BCUT2D eigenvalue weighted by atomic mass is 10.1. The average Bonchev–Trinajstić information content (AvgIpc) is 2.91. The number of rotatable bonds is 5. The van der Waals surface area contributed by atoms with Crippen LogP contribution >= 0.6 is 11.3 Å². The summed E-state index contributed by atoms with van der Waals surface area (Å²) in [5.41, 5.74) is 1.19. The van der Waals surface area contributed by atoms with E-state index in [1.165, 1.54) is 11.3 Å². The molecule has 0 saturated heterocycles. The van der Waals surface area contributed by atoms with Crippen LogP contribution < -0.4 is 10.0 Å². The Morgan fingerprint density at radius 2 is 1.90 bits per heavy atom. The molecule has 2 aromatic rings. The largest absolute Gasteiger partial charge is 0.345 e. The standard InChI is InChI=1S/C14H16N2O3S2/c1-10(15-14(17)13-8-5-9-20-13)11-6-3-4-7-12(11)16-21(2,18)19/h3-10,16H,1-2H3,(H,15,17)/t10-/m1/s1. The van der Waals surface area contributed by atoms with Crippen molar-refractivity contribution in [3.05, 3.63) is 52.2 Å². The Hall–Kier alpha value is -1.86. The van der Waals surface area contributed by atoms with E-state index in [4.69, 9.17) is 0 Å². The van der Waals surface area contributed by atoms with Gasteiger partial charge in [0.15, 0.2) is 0 Å². The predicted octanol–water partition coefficient (Wildman–Crippen LogP) is 2.61. The summed E-state index contributed by atoms with van der Waals surface area (Å²) in [6.07, 6.45) is 1.10. The molecule has 1 aromatic carbocycles. The van der Waals surface area contributed by atoms with Crippen molar-refractivity contribution < 1.29 is 13.2 Å². The molecule has 7 heteroatoms. The van der Waals surface area contributed by atoms with Crippen LogP contribution in [0.1, 0.15) is 28.2 Å². The minimum Gasteiger partial charge on any atom is -0.345 e. The third kappa shape index (κ3) is 4.30. The second kappa shape index (κ2) is 6.28. The molecule has 0 aliphatic rings. The Balaban J connectivity index is 2.19. The molecule has 21 heavy (non-hydrogen) atoms. The van der Waals surface area contributed by atoms with E-state index < -0.39 is 10.0 Å². The summed E-state index contributed by atoms with van der Waals surface area (Å²) < 4.78 is 25.2. The number of para-hydroxylation sites is 1. The lowest BCUT2D eigenvalue weighted by molar-refractivity contribution is 0.0944. The number of anilines is 1. The van der Waals surface area contributed by atoms with Gasteiger partial charge in [-0.25, -0.2) is 8.42 Å². The molecule has 0 bridgehead atoms. The van der Waals surface area contributed by atoms with Gasteiger partial charge in [-0.1, -0.05) is 24.3 Å². The van der Waals surface area contributed by atoms with Crippen LogP contribution in [0.4, 0.5) is 5.69 Å². The number of amides is 1. The Morgan fingerprint density at radius 1 is 1.19 bits per heavy atom. The number of carbonyl (C=O) groups is 1. The minimum atomic E-state index is -3.37. The number of benzene rings is 1. The third-order valence-electron chi connectivity index (χ3n) is 2.82. The van der Waals surface area contributed by atoms with Gasteiger partial charge in [0.05, 0.1) is 22.9 Å². The van der Waals surface area contributed by atoms with Crippen LogP contribution in [0, 0.1) is 0 Å². The minimum absolute atomic E-state index is 0.174. The fraction of sp³-hybridized carbons (Fsp3) is 0.214. The highest BCUT2D eigenvalue weighted by Crippen LogP contribution is 2.24. The Labute approximate surface area is 128 Å². The Bertz CT molecular complexity index is 724. The van der Waals surface area contributed by atoms with Crippen molar-refractivity contribution in [1.29, 1.82) is 0 Å². The molecule has 0 radical (unpaired) electrons. The summed E-state index contributed by atoms with van der Waals surface area (Å²) >= 11 is 1.36. The molecule has 0 aliphatic heterocycles. The lowest BCUT2D eigenvalue weighted by Gasteiger charge is -2.18. The van der Waals surface area contributed by atoms with E-state index in [0.29, 0.717) is 16.1 Å². The molecule has 1 atom stereocenters. The summed E-state index contributed by atoms with van der Waals surface area (Å²) in [7, 11) is -3.37. The maximum absolute atomic E-state index is 12.0. The highest BCUT2D eigenvalue weighted by molar-refractivity contribution is 7.92. The molecule has 1 amide bonds. The molecule has 0 unspecified atom stereocenters. The number of thiophene rings is 1. The molecule has 0 saturated carbocycles. The predicted molar refractivity (Wildman–Crippen MR) is 85.1 cm³/mol. The van der Waals surface area contributed by atoms with E-state index in [1.54, 1.807) is 30.3 Å². The number of nitrogens with one attached hydrogen (secondary N) is 2. The zero-order valence-electron chi connectivity index (χ0n) is 11.7. The van der Waals surface area contributed by atoms with Gasteiger partial charge in [0.2, 0.25) is 10.0 Å². The zero-order valence-corrected chi connectivity index (χ0v) is 13.3. The summed E-state index contributed by atoms with van der Waals surface area (Å²) in [6.45, 7) is 1.81. The fourth-order valence-electron chi connectivity index (χ4n) is 1.92. The van der Waals surface area contributed by atoms with Crippen LogP contribution in [0.3, 0.4) is 0 Å². The number of hydrogen-bond acceptors (Lipinski definition) is 4.